The number of hydrogen-bond donors (Lipinski definition) is 2. The molecular weight excluding hydrogens is 351 g/mol. The van der Waals surface area contributed by atoms with Gasteiger partial charge >= 0.3 is 13.6 Å². The van der Waals surface area contributed by atoms with Crippen LogP contribution < -0.4 is 0 Å². The van der Waals surface area contributed by atoms with E-state index >= 15 is 0 Å². The Kier molecular flexibility index (Phi) is 7.94. The third-order valence-corrected chi connectivity index (χ3v) is 5.39. The summed E-state index contributed by atoms with van der Waals surface area (Å²) in [6, 6.07) is 8.07. The van der Waals surface area contributed by atoms with Gasteiger partial charge in [0.15, 0.2) is 6.35 Å². The zero-order valence-corrected chi connectivity index (χ0v) is 14.6. The minimum atomic E-state index is -4.31. The summed E-state index contributed by atoms with van der Waals surface area (Å²) in [7, 11) is -4.31. The molecule has 2 N–H and O–H groups in total. The molecule has 0 amide bonds. The normalized spacial score (nSPS) is 11.2. The van der Waals surface area contributed by atoms with E-state index in [0.29, 0.717) is 9.28 Å². The Bertz CT molecular complexity index is 540. The number of benzene rings is 1. The average Bonchev–Trinajstić information content (AvgIpc) is 2.41. The van der Waals surface area contributed by atoms with Crippen LogP contribution in [0.2, 0.25) is 0 Å². The van der Waals surface area contributed by atoms with Crippen LogP contribution in [0.1, 0.15) is 11.1 Å². The highest BCUT2D eigenvalue weighted by Gasteiger charge is 2.16. The highest BCUT2D eigenvalue weighted by molar-refractivity contribution is 8.47. The van der Waals surface area contributed by atoms with Gasteiger partial charge < -0.3 is 14.5 Å². The molecule has 9 heteroatoms. The maximum Gasteiger partial charge on any atom is 0.362 e. The van der Waals surface area contributed by atoms with Crippen molar-refractivity contribution in [2.45, 2.75) is 12.7 Å². The monoisotopic (exact) mass is 366 g/mol. The van der Waals surface area contributed by atoms with E-state index in [9.17, 15) is 9.36 Å². The van der Waals surface area contributed by atoms with Crippen molar-refractivity contribution in [3.63, 3.8) is 0 Å². The van der Waals surface area contributed by atoms with Crippen LogP contribution in [0.25, 0.3) is 0 Å². The van der Waals surface area contributed by atoms with Gasteiger partial charge in [0.05, 0.1) is 5.75 Å². The number of carbonyl (C=O) groups excluding carboxylic acids is 1. The van der Waals surface area contributed by atoms with Crippen LogP contribution in [0, 0.1) is 6.92 Å². The minimum absolute atomic E-state index is 0.0558. The standard InChI is InChI=1S/C12H15O5PS3/c1-9-2-4-10(5-3-9)6-20-12(19)21-7-11(13)17-8-18(14,15)16/h2-5H,6-8H2,1H3,(H2,14,15,16). The number of thiocarbonyl (C=S) groups is 1. The molecule has 116 valence electrons. The van der Waals surface area contributed by atoms with Gasteiger partial charge in [0.2, 0.25) is 0 Å². The third kappa shape index (κ3) is 9.29. The molecule has 1 rings (SSSR count). The van der Waals surface area contributed by atoms with E-state index < -0.39 is 19.9 Å². The fourth-order valence-electron chi connectivity index (χ4n) is 1.18. The molecule has 0 aromatic heterocycles. The Balaban J connectivity index is 2.23. The van der Waals surface area contributed by atoms with Gasteiger partial charge in [-0.2, -0.15) is 0 Å². The van der Waals surface area contributed by atoms with Crippen LogP contribution in [-0.2, 0) is 19.8 Å². The van der Waals surface area contributed by atoms with Gasteiger partial charge in [-0.1, -0.05) is 53.8 Å². The molecule has 0 saturated heterocycles. The van der Waals surface area contributed by atoms with E-state index in [1.165, 1.54) is 17.3 Å². The molecule has 0 spiro atoms. The highest BCUT2D eigenvalue weighted by atomic mass is 32.2. The van der Waals surface area contributed by atoms with Crippen molar-refractivity contribution in [2.75, 3.05) is 12.1 Å². The summed E-state index contributed by atoms with van der Waals surface area (Å²) in [4.78, 5) is 28.4. The molecule has 1 aromatic carbocycles. The van der Waals surface area contributed by atoms with Crippen molar-refractivity contribution < 1.29 is 23.9 Å². The lowest BCUT2D eigenvalue weighted by atomic mass is 10.2. The number of esters is 1. The maximum absolute atomic E-state index is 11.3. The van der Waals surface area contributed by atoms with Crippen molar-refractivity contribution in [1.82, 2.24) is 0 Å². The van der Waals surface area contributed by atoms with Crippen molar-refractivity contribution in [3.05, 3.63) is 35.4 Å². The van der Waals surface area contributed by atoms with E-state index in [1.807, 2.05) is 31.2 Å². The molecule has 0 bridgehead atoms. The molecule has 0 unspecified atom stereocenters. The van der Waals surface area contributed by atoms with E-state index in [-0.39, 0.29) is 5.75 Å². The van der Waals surface area contributed by atoms with Crippen LogP contribution in [-0.4, -0.2) is 31.4 Å². The van der Waals surface area contributed by atoms with Gasteiger partial charge in [-0.3, -0.25) is 9.36 Å². The van der Waals surface area contributed by atoms with Crippen LogP contribution >= 0.6 is 43.3 Å². The third-order valence-electron chi connectivity index (χ3n) is 2.18. The topological polar surface area (TPSA) is 83.8 Å². The first-order valence-corrected chi connectivity index (χ1v) is 9.99. The Morgan fingerprint density at radius 1 is 1.29 bits per heavy atom. The number of hydrogen-bond acceptors (Lipinski definition) is 6. The number of thioether (sulfide) groups is 2. The zero-order valence-electron chi connectivity index (χ0n) is 11.2. The molecule has 0 aliphatic rings. The van der Waals surface area contributed by atoms with Gasteiger partial charge in [-0.15, -0.1) is 11.8 Å². The number of ether oxygens (including phenoxy) is 1. The predicted octanol–water partition coefficient (Wildman–Crippen LogP) is 2.92. The largest absolute Gasteiger partial charge is 0.452 e. The molecule has 5 nitrogen and oxygen atoms in total. The van der Waals surface area contributed by atoms with Crippen molar-refractivity contribution >= 4 is 52.8 Å². The fourth-order valence-corrected chi connectivity index (χ4v) is 3.33. The van der Waals surface area contributed by atoms with Gasteiger partial charge in [-0.05, 0) is 12.5 Å². The predicted molar refractivity (Wildman–Crippen MR) is 90.5 cm³/mol. The summed E-state index contributed by atoms with van der Waals surface area (Å²) in [6.07, 6.45) is -0.893. The first kappa shape index (κ1) is 18.7. The lowest BCUT2D eigenvalue weighted by Gasteiger charge is -2.06. The summed E-state index contributed by atoms with van der Waals surface area (Å²) >= 11 is 7.68. The van der Waals surface area contributed by atoms with Crippen molar-refractivity contribution in [1.29, 1.82) is 0 Å². The van der Waals surface area contributed by atoms with Crippen molar-refractivity contribution in [2.24, 2.45) is 0 Å². The molecule has 1 aromatic rings. The molecule has 0 radical (unpaired) electrons. The summed E-state index contributed by atoms with van der Waals surface area (Å²) in [5, 5.41) is 0. The first-order valence-electron chi connectivity index (χ1n) is 5.81. The average molecular weight is 366 g/mol. The smallest absolute Gasteiger partial charge is 0.362 e. The lowest BCUT2D eigenvalue weighted by Crippen LogP contribution is -2.09. The number of aryl methyl sites for hydroxylation is 1. The second-order valence-electron chi connectivity index (χ2n) is 4.12. The quantitative estimate of drug-likeness (QED) is 0.452. The zero-order chi connectivity index (χ0) is 15.9. The molecule has 0 heterocycles. The van der Waals surface area contributed by atoms with Crippen LogP contribution in [0.4, 0.5) is 0 Å². The molecule has 0 aliphatic heterocycles. The molecule has 21 heavy (non-hydrogen) atoms. The molecule has 0 atom stereocenters. The van der Waals surface area contributed by atoms with Gasteiger partial charge in [0, 0.05) is 5.75 Å². The van der Waals surface area contributed by atoms with Gasteiger partial charge in [-0.25, -0.2) is 0 Å². The van der Waals surface area contributed by atoms with Gasteiger partial charge in [0.25, 0.3) is 0 Å². The Morgan fingerprint density at radius 2 is 1.90 bits per heavy atom. The van der Waals surface area contributed by atoms with E-state index in [1.54, 1.807) is 0 Å². The summed E-state index contributed by atoms with van der Waals surface area (Å²) in [6.45, 7) is 2.01. The second kappa shape index (κ2) is 8.92. The second-order valence-corrected chi connectivity index (χ2v) is 8.87. The molecule has 0 fully saturated rings. The van der Waals surface area contributed by atoms with E-state index in [0.717, 1.165) is 17.3 Å². The summed E-state index contributed by atoms with van der Waals surface area (Å²) in [5.41, 5.74) is 2.33. The molecule has 0 saturated carbocycles. The van der Waals surface area contributed by atoms with E-state index in [4.69, 9.17) is 22.0 Å². The van der Waals surface area contributed by atoms with Crippen LogP contribution in [0.3, 0.4) is 0 Å². The first-order chi connectivity index (χ1) is 9.76. The Labute approximate surface area is 137 Å². The minimum Gasteiger partial charge on any atom is -0.452 e. The highest BCUT2D eigenvalue weighted by Crippen LogP contribution is 2.34. The van der Waals surface area contributed by atoms with E-state index in [2.05, 4.69) is 4.74 Å². The van der Waals surface area contributed by atoms with Crippen LogP contribution in [0.15, 0.2) is 24.3 Å². The summed E-state index contributed by atoms with van der Waals surface area (Å²) < 4.78 is 15.6. The van der Waals surface area contributed by atoms with Gasteiger partial charge in [0.1, 0.15) is 3.53 Å². The fraction of sp³-hybridized carbons (Fsp3) is 0.333. The lowest BCUT2D eigenvalue weighted by molar-refractivity contribution is -0.138. The summed E-state index contributed by atoms with van der Waals surface area (Å²) in [5.74, 6) is -0.0368. The van der Waals surface area contributed by atoms with Crippen LogP contribution in [0.5, 0.6) is 0 Å². The number of carbonyl (C=O) groups is 1. The van der Waals surface area contributed by atoms with Crippen molar-refractivity contribution in [3.8, 4) is 0 Å². The Hall–Kier alpha value is -0.370. The Morgan fingerprint density at radius 3 is 2.48 bits per heavy atom. The maximum atomic E-state index is 11.3. The molecular formula is C12H15O5PS3. The SMILES string of the molecule is Cc1ccc(CSC(=S)SCC(=O)OCP(=O)(O)O)cc1. The number of rotatable bonds is 6. The molecule has 0 aliphatic carbocycles.